The molecule has 0 radical (unpaired) electrons. The van der Waals surface area contributed by atoms with E-state index in [1.807, 2.05) is 17.8 Å². The number of hydrogen-bond donors (Lipinski definition) is 2. The van der Waals surface area contributed by atoms with Gasteiger partial charge in [0, 0.05) is 31.7 Å². The Morgan fingerprint density at radius 3 is 2.60 bits per heavy atom. The zero-order chi connectivity index (χ0) is 18.2. The summed E-state index contributed by atoms with van der Waals surface area (Å²) in [5.74, 6) is 0.881. The van der Waals surface area contributed by atoms with E-state index in [1.54, 1.807) is 6.20 Å². The number of carbonyl (C=O) groups excluding carboxylic acids is 2. The summed E-state index contributed by atoms with van der Waals surface area (Å²) in [6.45, 7) is 7.42. The van der Waals surface area contributed by atoms with Crippen LogP contribution < -0.4 is 10.6 Å². The first-order valence-electron chi connectivity index (χ1n) is 9.55. The minimum absolute atomic E-state index is 0.0283. The highest BCUT2D eigenvalue weighted by atomic mass is 16.2. The predicted octanol–water partition coefficient (Wildman–Crippen LogP) is 2.28. The molecule has 1 fully saturated rings. The summed E-state index contributed by atoms with van der Waals surface area (Å²) < 4.78 is 1.81. The zero-order valence-corrected chi connectivity index (χ0v) is 15.8. The Bertz CT molecular complexity index is 562. The highest BCUT2D eigenvalue weighted by molar-refractivity contribution is 5.79. The van der Waals surface area contributed by atoms with Crippen molar-refractivity contribution in [3.63, 3.8) is 0 Å². The fourth-order valence-corrected chi connectivity index (χ4v) is 3.34. The van der Waals surface area contributed by atoms with E-state index in [9.17, 15) is 9.59 Å². The van der Waals surface area contributed by atoms with Crippen molar-refractivity contribution in [2.75, 3.05) is 6.54 Å². The molecule has 25 heavy (non-hydrogen) atoms. The molecule has 1 unspecified atom stereocenters. The Labute approximate surface area is 150 Å². The number of amides is 2. The van der Waals surface area contributed by atoms with Crippen LogP contribution in [-0.4, -0.2) is 34.2 Å². The minimum Gasteiger partial charge on any atom is -0.354 e. The molecule has 1 aliphatic carbocycles. The van der Waals surface area contributed by atoms with E-state index in [1.165, 1.54) is 25.7 Å². The smallest absolute Gasteiger partial charge is 0.224 e. The molecule has 1 aromatic rings. The van der Waals surface area contributed by atoms with Crippen LogP contribution in [-0.2, 0) is 22.6 Å². The number of nitrogens with one attached hydrogen (secondary N) is 2. The van der Waals surface area contributed by atoms with Crippen LogP contribution in [0.1, 0.15) is 58.4 Å². The average Bonchev–Trinajstić information content (AvgIpc) is 3.22. The van der Waals surface area contributed by atoms with Crippen LogP contribution in [0.5, 0.6) is 0 Å². The Hall–Kier alpha value is -1.85. The number of aryl methyl sites for hydroxylation is 1. The van der Waals surface area contributed by atoms with E-state index in [-0.39, 0.29) is 23.8 Å². The second-order valence-electron chi connectivity index (χ2n) is 7.46. The molecule has 1 saturated carbocycles. The molecule has 0 aromatic carbocycles. The number of rotatable bonds is 9. The monoisotopic (exact) mass is 348 g/mol. The van der Waals surface area contributed by atoms with Gasteiger partial charge in [-0.1, -0.05) is 26.7 Å². The van der Waals surface area contributed by atoms with Crippen molar-refractivity contribution < 1.29 is 9.59 Å². The van der Waals surface area contributed by atoms with Gasteiger partial charge in [-0.2, -0.15) is 5.10 Å². The van der Waals surface area contributed by atoms with E-state index in [0.29, 0.717) is 25.3 Å². The van der Waals surface area contributed by atoms with Gasteiger partial charge in [0.05, 0.1) is 12.6 Å². The Balaban J connectivity index is 1.76. The van der Waals surface area contributed by atoms with Crippen LogP contribution in [0.15, 0.2) is 12.4 Å². The van der Waals surface area contributed by atoms with E-state index >= 15 is 0 Å². The first-order chi connectivity index (χ1) is 12.0. The SMILES string of the molecule is CCn1cc(CC(=O)NC(CNC(=O)CC2CCCC2)C(C)C)cn1. The van der Waals surface area contributed by atoms with Crippen molar-refractivity contribution in [1.82, 2.24) is 20.4 Å². The lowest BCUT2D eigenvalue weighted by Gasteiger charge is -2.23. The first kappa shape index (κ1) is 19.5. The van der Waals surface area contributed by atoms with Crippen molar-refractivity contribution >= 4 is 11.8 Å². The lowest BCUT2D eigenvalue weighted by Crippen LogP contribution is -2.47. The molecule has 2 amide bonds. The van der Waals surface area contributed by atoms with Crippen LogP contribution in [0.3, 0.4) is 0 Å². The van der Waals surface area contributed by atoms with Gasteiger partial charge < -0.3 is 10.6 Å². The van der Waals surface area contributed by atoms with Crippen LogP contribution in [0, 0.1) is 11.8 Å². The molecule has 1 aromatic heterocycles. The van der Waals surface area contributed by atoms with Gasteiger partial charge >= 0.3 is 0 Å². The Morgan fingerprint density at radius 2 is 2.00 bits per heavy atom. The standard InChI is InChI=1S/C19H32N4O2/c1-4-23-13-16(11-21-23)10-19(25)22-17(14(2)3)12-20-18(24)9-15-7-5-6-8-15/h11,13-15,17H,4-10,12H2,1-3H3,(H,20,24)(H,22,25). The summed E-state index contributed by atoms with van der Waals surface area (Å²) in [6.07, 6.45) is 9.40. The molecular formula is C19H32N4O2. The first-order valence-corrected chi connectivity index (χ1v) is 9.55. The second kappa shape index (κ2) is 9.59. The maximum Gasteiger partial charge on any atom is 0.224 e. The van der Waals surface area contributed by atoms with Crippen molar-refractivity contribution in [2.24, 2.45) is 11.8 Å². The third kappa shape index (κ3) is 6.52. The summed E-state index contributed by atoms with van der Waals surface area (Å²) in [5.41, 5.74) is 0.909. The van der Waals surface area contributed by atoms with E-state index in [0.717, 1.165) is 12.1 Å². The van der Waals surface area contributed by atoms with Gasteiger partial charge in [0.2, 0.25) is 11.8 Å². The average molecular weight is 348 g/mol. The molecule has 2 rings (SSSR count). The third-order valence-corrected chi connectivity index (χ3v) is 4.99. The molecule has 0 bridgehead atoms. The Morgan fingerprint density at radius 1 is 1.28 bits per heavy atom. The van der Waals surface area contributed by atoms with Gasteiger partial charge in [-0.25, -0.2) is 0 Å². The van der Waals surface area contributed by atoms with Crippen LogP contribution >= 0.6 is 0 Å². The zero-order valence-electron chi connectivity index (χ0n) is 15.8. The van der Waals surface area contributed by atoms with Gasteiger partial charge in [-0.3, -0.25) is 14.3 Å². The number of nitrogens with zero attached hydrogens (tertiary/aromatic N) is 2. The topological polar surface area (TPSA) is 76.0 Å². The van der Waals surface area contributed by atoms with Crippen LogP contribution in [0.2, 0.25) is 0 Å². The fourth-order valence-electron chi connectivity index (χ4n) is 3.34. The lowest BCUT2D eigenvalue weighted by molar-refractivity contribution is -0.124. The van der Waals surface area contributed by atoms with Crippen molar-refractivity contribution in [3.05, 3.63) is 18.0 Å². The largest absolute Gasteiger partial charge is 0.354 e. The molecule has 6 nitrogen and oxygen atoms in total. The molecule has 0 aliphatic heterocycles. The van der Waals surface area contributed by atoms with Crippen molar-refractivity contribution in [3.8, 4) is 0 Å². The highest BCUT2D eigenvalue weighted by Crippen LogP contribution is 2.27. The van der Waals surface area contributed by atoms with Crippen molar-refractivity contribution in [2.45, 2.75) is 71.9 Å². The van der Waals surface area contributed by atoms with E-state index < -0.39 is 0 Å². The van der Waals surface area contributed by atoms with E-state index in [2.05, 4.69) is 29.6 Å². The third-order valence-electron chi connectivity index (χ3n) is 4.99. The molecule has 140 valence electrons. The van der Waals surface area contributed by atoms with Gasteiger partial charge in [-0.15, -0.1) is 0 Å². The van der Waals surface area contributed by atoms with Gasteiger partial charge in [-0.05, 0) is 37.2 Å². The maximum atomic E-state index is 12.3. The molecule has 0 saturated heterocycles. The molecular weight excluding hydrogens is 316 g/mol. The summed E-state index contributed by atoms with van der Waals surface area (Å²) in [5, 5.41) is 10.2. The molecule has 1 heterocycles. The van der Waals surface area contributed by atoms with Gasteiger partial charge in [0.25, 0.3) is 0 Å². The minimum atomic E-state index is -0.0544. The normalized spacial score (nSPS) is 16.2. The van der Waals surface area contributed by atoms with Gasteiger partial charge in [0.15, 0.2) is 0 Å². The molecule has 1 aliphatic rings. The Kier molecular flexibility index (Phi) is 7.47. The summed E-state index contributed by atoms with van der Waals surface area (Å²) in [4.78, 5) is 24.4. The molecule has 0 spiro atoms. The fraction of sp³-hybridized carbons (Fsp3) is 0.737. The van der Waals surface area contributed by atoms with Crippen molar-refractivity contribution in [1.29, 1.82) is 0 Å². The maximum absolute atomic E-state index is 12.3. The second-order valence-corrected chi connectivity index (χ2v) is 7.46. The van der Waals surface area contributed by atoms with Crippen LogP contribution in [0.25, 0.3) is 0 Å². The number of hydrogen-bond acceptors (Lipinski definition) is 3. The summed E-state index contributed by atoms with van der Waals surface area (Å²) >= 11 is 0. The highest BCUT2D eigenvalue weighted by Gasteiger charge is 2.21. The quantitative estimate of drug-likeness (QED) is 0.719. The van der Waals surface area contributed by atoms with Crippen LogP contribution in [0.4, 0.5) is 0 Å². The number of aromatic nitrogens is 2. The molecule has 2 N–H and O–H groups in total. The predicted molar refractivity (Wildman–Crippen MR) is 98.0 cm³/mol. The van der Waals surface area contributed by atoms with E-state index in [4.69, 9.17) is 0 Å². The summed E-state index contributed by atoms with van der Waals surface area (Å²) in [6, 6.07) is -0.0544. The number of carbonyl (C=O) groups is 2. The molecule has 1 atom stereocenters. The summed E-state index contributed by atoms with van der Waals surface area (Å²) in [7, 11) is 0. The lowest BCUT2D eigenvalue weighted by atomic mass is 10.0. The van der Waals surface area contributed by atoms with Gasteiger partial charge in [0.1, 0.15) is 0 Å². The molecule has 6 heteroatoms.